The van der Waals surface area contributed by atoms with E-state index in [4.69, 9.17) is 98.4 Å². The van der Waals surface area contributed by atoms with Crippen LogP contribution in [-0.4, -0.2) is 147 Å². The van der Waals surface area contributed by atoms with Gasteiger partial charge in [-0.2, -0.15) is 4.99 Å². The average molecular weight is 1320 g/mol. The molecule has 5 aliphatic heterocycles. The molecule has 0 aromatic carbocycles. The molecule has 31 nitrogen and oxygen atoms in total. The van der Waals surface area contributed by atoms with Gasteiger partial charge in [0, 0.05) is 19.3 Å². The molecule has 4 bridgehead atoms. The van der Waals surface area contributed by atoms with Gasteiger partial charge in [-0.25, -0.2) is 53.2 Å². The van der Waals surface area contributed by atoms with Crippen LogP contribution < -0.4 is 16.6 Å². The summed E-state index contributed by atoms with van der Waals surface area (Å²) in [4.78, 5) is 85.3. The number of pyridine rings is 1. The number of ether oxygens (including phenoxy) is 2. The van der Waals surface area contributed by atoms with Gasteiger partial charge in [0.1, 0.15) is 78.2 Å². The van der Waals surface area contributed by atoms with Crippen LogP contribution in [0, 0.1) is 6.92 Å². The number of rotatable bonds is 2. The molecule has 2 saturated heterocycles. The minimum Gasteiger partial charge on any atom is -0.369 e. The summed E-state index contributed by atoms with van der Waals surface area (Å²) >= 11 is 25.6. The van der Waals surface area contributed by atoms with Crippen molar-refractivity contribution in [1.82, 2.24) is 68.4 Å². The van der Waals surface area contributed by atoms with Crippen LogP contribution in [0.25, 0.3) is 39.2 Å². The van der Waals surface area contributed by atoms with E-state index in [1.165, 1.54) is 40.5 Å². The summed E-state index contributed by atoms with van der Waals surface area (Å²) in [6.45, 7) is -12.0. The molecule has 0 amide bonds. The smallest absolute Gasteiger partial charge is 0.369 e. The molecule has 12 heterocycles. The van der Waals surface area contributed by atoms with Crippen molar-refractivity contribution < 1.29 is 73.7 Å². The number of hydrogen-bond donors (Lipinski definition) is 7. The zero-order valence-electron chi connectivity index (χ0n) is 41.9. The Morgan fingerprint density at radius 1 is 0.793 bits per heavy atom. The van der Waals surface area contributed by atoms with Crippen molar-refractivity contribution in [2.45, 2.75) is 88.9 Å². The minimum absolute atomic E-state index is 0.0152. The Morgan fingerprint density at radius 3 is 2.16 bits per heavy atom. The zero-order chi connectivity index (χ0) is 58.0. The summed E-state index contributed by atoms with van der Waals surface area (Å²) in [7, 11) is 0. The van der Waals surface area contributed by atoms with Crippen molar-refractivity contribution in [1.29, 1.82) is 0 Å². The van der Waals surface area contributed by atoms with Crippen molar-refractivity contribution in [3.8, 4) is 0 Å². The first kappa shape index (κ1) is 59.6. The highest BCUT2D eigenvalue weighted by Crippen LogP contribution is 2.58. The number of imidazole rings is 4. The molecule has 7 N–H and O–H groups in total. The molecule has 440 valence electrons. The number of hydrogen-bond acceptors (Lipinski definition) is 26. The fourth-order valence-corrected chi connectivity index (χ4v) is 14.3. The third-order valence-corrected chi connectivity index (χ3v) is 19.3. The van der Waals surface area contributed by atoms with E-state index in [2.05, 4.69) is 74.0 Å². The molecule has 0 radical (unpaired) electrons. The number of nitrogens with one attached hydrogen (secondary N) is 2. The maximum absolute atomic E-state index is 15.9. The molecule has 0 saturated carbocycles. The molecule has 42 heteroatoms. The van der Waals surface area contributed by atoms with Crippen molar-refractivity contribution in [2.24, 2.45) is 10.7 Å². The Kier molecular flexibility index (Phi) is 17.2. The summed E-state index contributed by atoms with van der Waals surface area (Å²) < 4.78 is 107. The Labute approximate surface area is 485 Å². The van der Waals surface area contributed by atoms with E-state index in [1.807, 2.05) is 0 Å². The van der Waals surface area contributed by atoms with Crippen molar-refractivity contribution >= 4 is 137 Å². The van der Waals surface area contributed by atoms with E-state index in [-0.39, 0.29) is 67.6 Å². The van der Waals surface area contributed by atoms with Crippen LogP contribution in [0.4, 0.5) is 14.6 Å². The SMILES string of the molecule is C=C1NC(N)=Nc2c1ncn2[C@@H]1O[C@@H]2COP(O)(=S)OCCCn3c(nc4cncnc43)COP(=O)(S)O[C@@H]1[C@@H]2F.Cc1nc2c(ncn2[C@@H]2O[C@@H]3COP(O)(=S)OCCn4c(nc5cc(Cl)cnc54)COP(O)(=S)O[C@@H]2[C@@H]3F)c(=O)[nH]1. The van der Waals surface area contributed by atoms with Gasteiger partial charge in [-0.3, -0.25) is 27.5 Å². The Bertz CT molecular complexity index is 3940. The molecular formula is C40H45ClF2N16O15P4S4. The molecule has 4 unspecified atom stereocenters. The van der Waals surface area contributed by atoms with E-state index in [0.29, 0.717) is 57.5 Å². The Hall–Kier alpha value is -4.10. The number of aryl methyl sites for hydroxylation is 2. The zero-order valence-corrected chi connectivity index (χ0v) is 49.6. The maximum atomic E-state index is 15.9. The minimum atomic E-state index is -4.25. The van der Waals surface area contributed by atoms with E-state index >= 15 is 8.78 Å². The number of nitrogens with zero attached hydrogens (tertiary/aromatic N) is 13. The summed E-state index contributed by atoms with van der Waals surface area (Å²) in [5.41, 5.74) is 7.88. The van der Waals surface area contributed by atoms with Crippen molar-refractivity contribution in [3.05, 3.63) is 82.6 Å². The van der Waals surface area contributed by atoms with Crippen LogP contribution in [0.5, 0.6) is 0 Å². The number of aromatic amines is 1. The topological polar surface area (TPSA) is 376 Å². The number of fused-ring (bicyclic) bond motifs is 12. The molecule has 7 aromatic heterocycles. The molecule has 7 aromatic rings. The predicted octanol–water partition coefficient (Wildman–Crippen LogP) is 4.22. The quantitative estimate of drug-likeness (QED) is 0.0941. The van der Waals surface area contributed by atoms with Gasteiger partial charge in [-0.1, -0.05) is 30.4 Å². The van der Waals surface area contributed by atoms with Crippen LogP contribution in [0.3, 0.4) is 0 Å². The fourth-order valence-electron chi connectivity index (χ4n) is 9.13. The average Bonchev–Trinajstić information content (AvgIpc) is 4.47. The lowest BCUT2D eigenvalue weighted by molar-refractivity contribution is -0.0465. The Balaban J connectivity index is 0.000000172. The van der Waals surface area contributed by atoms with Gasteiger partial charge >= 0.3 is 27.0 Å². The van der Waals surface area contributed by atoms with Gasteiger partial charge in [0.15, 0.2) is 59.0 Å². The number of alkyl halides is 2. The highest BCUT2D eigenvalue weighted by Gasteiger charge is 2.52. The Morgan fingerprint density at radius 2 is 1.43 bits per heavy atom. The maximum Gasteiger partial charge on any atom is 0.387 e. The summed E-state index contributed by atoms with van der Waals surface area (Å²) in [6, 6.07) is 1.58. The third-order valence-electron chi connectivity index (χ3n) is 12.7. The number of aliphatic imine (C=N–C) groups is 1. The lowest BCUT2D eigenvalue weighted by Gasteiger charge is -2.25. The monoisotopic (exact) mass is 1310 g/mol. The second-order valence-electron chi connectivity index (χ2n) is 18.2. The second kappa shape index (κ2) is 23.6. The van der Waals surface area contributed by atoms with E-state index in [9.17, 15) is 24.0 Å². The van der Waals surface area contributed by atoms with Crippen LogP contribution >= 0.6 is 50.8 Å². The lowest BCUT2D eigenvalue weighted by Crippen LogP contribution is -2.33. The highest BCUT2D eigenvalue weighted by molar-refractivity contribution is 8.44. The molecule has 5 aliphatic rings. The lowest BCUT2D eigenvalue weighted by atomic mass is 10.1. The summed E-state index contributed by atoms with van der Waals surface area (Å²) in [5.74, 6) is 1.10. The number of aromatic nitrogens is 13. The first-order chi connectivity index (χ1) is 38.9. The third kappa shape index (κ3) is 12.7. The van der Waals surface area contributed by atoms with Gasteiger partial charge in [0.2, 0.25) is 0 Å². The first-order valence-corrected chi connectivity index (χ1v) is 34.9. The van der Waals surface area contributed by atoms with Gasteiger partial charge < -0.3 is 71.9 Å². The van der Waals surface area contributed by atoms with Crippen molar-refractivity contribution in [3.63, 3.8) is 0 Å². The summed E-state index contributed by atoms with van der Waals surface area (Å²) in [5, 5.41) is 3.10. The fraction of sp³-hybridized carbons (Fsp3) is 0.450. The van der Waals surface area contributed by atoms with E-state index < -0.39 is 94.9 Å². The van der Waals surface area contributed by atoms with Crippen LogP contribution in [0.2, 0.25) is 5.02 Å². The first-order valence-electron chi connectivity index (χ1n) is 24.0. The van der Waals surface area contributed by atoms with Crippen LogP contribution in [0.15, 0.2) is 53.8 Å². The highest BCUT2D eigenvalue weighted by atomic mass is 35.5. The van der Waals surface area contributed by atoms with Gasteiger partial charge in [0.25, 0.3) is 5.56 Å². The number of halogens is 3. The largest absolute Gasteiger partial charge is 0.387 e. The molecule has 0 aliphatic carbocycles. The number of thiol groups is 1. The van der Waals surface area contributed by atoms with Crippen LogP contribution in [0.1, 0.15) is 42.0 Å². The van der Waals surface area contributed by atoms with E-state index in [0.717, 1.165) is 0 Å². The number of H-pyrrole nitrogens is 1. The molecule has 82 heavy (non-hydrogen) atoms. The molecule has 12 atom stereocenters. The molecule has 12 rings (SSSR count). The predicted molar refractivity (Wildman–Crippen MR) is 298 cm³/mol. The van der Waals surface area contributed by atoms with Gasteiger partial charge in [-0.05, 0) is 54.8 Å². The van der Waals surface area contributed by atoms with Gasteiger partial charge in [-0.15, -0.1) is 0 Å². The number of guanidine groups is 1. The standard InChI is InChI=1S/C20H21ClFN7O8P2S2.C20H24FN9O7P2S2/c1-9-25-18-15(19(30)26-9)24-8-29(18)20-16-14(22)12(36-20)6-34-38(31,40)33-3-2-28-13(7-35-39(32,41)37-16)27-11-4-10(21)5-23-17(11)28;1-10-15-18(28-20(22)26-10)30(9-25-15)19-16-14(21)12(36-19)6-34-38(31,40)33-4-2-3-29-13(7-35-39(32,41)37-16)27-11-5-23-8-24-17(11)29/h4-5,8,12,14,16,20H,2-3,6-7H2,1H3,(H,31,40)(H,32,41)(H,25,26,30);5,8-9,12,14,16,19H,1-4,6-7H2,(H,31,40)(H,32,41)(H3,22,26,28)/t12-,14-,16-,20-,38?,39?;12-,14-,16-,19-,38?,39?/m11/s1. The van der Waals surface area contributed by atoms with Gasteiger partial charge in [0.05, 0.1) is 56.0 Å². The second-order valence-corrected chi connectivity index (χ2v) is 30.0. The normalized spacial score (nSPS) is 32.4. The molecule has 2 fully saturated rings. The van der Waals surface area contributed by atoms with Crippen molar-refractivity contribution in [2.75, 3.05) is 26.4 Å². The number of nitrogens with two attached hydrogens (primary N) is 1. The molecular weight excluding hydrogens is 1270 g/mol. The van der Waals surface area contributed by atoms with E-state index in [1.54, 1.807) is 22.1 Å². The summed E-state index contributed by atoms with van der Waals surface area (Å²) in [6.07, 6.45) is -5.10. The molecule has 0 spiro atoms. The van der Waals surface area contributed by atoms with Crippen LogP contribution in [-0.2, 0) is 112 Å².